The van der Waals surface area contributed by atoms with E-state index >= 15 is 0 Å². The summed E-state index contributed by atoms with van der Waals surface area (Å²) in [5, 5.41) is 0.802. The molecule has 1 aliphatic heterocycles. The minimum absolute atomic E-state index is 0.0333. The predicted molar refractivity (Wildman–Crippen MR) is 142 cm³/mol. The highest BCUT2D eigenvalue weighted by molar-refractivity contribution is 6.09. The topological polar surface area (TPSA) is 60.9 Å². The van der Waals surface area contributed by atoms with Crippen LogP contribution in [-0.4, -0.2) is 36.6 Å². The summed E-state index contributed by atoms with van der Waals surface area (Å²) < 4.78 is 31.0. The van der Waals surface area contributed by atoms with Gasteiger partial charge < -0.3 is 19.1 Å². The fourth-order valence-electron chi connectivity index (χ4n) is 5.14. The molecule has 4 aromatic rings. The molecular weight excluding hydrogens is 483 g/mol. The largest absolute Gasteiger partial charge is 0.497 e. The summed E-state index contributed by atoms with van der Waals surface area (Å²) in [6.45, 7) is 1.52. The van der Waals surface area contributed by atoms with Gasteiger partial charge in [0, 0.05) is 23.7 Å². The van der Waals surface area contributed by atoms with Crippen molar-refractivity contribution in [3.8, 4) is 17.2 Å². The van der Waals surface area contributed by atoms with Gasteiger partial charge in [-0.25, -0.2) is 4.39 Å². The van der Waals surface area contributed by atoms with Crippen LogP contribution in [-0.2, 0) is 19.6 Å². The van der Waals surface area contributed by atoms with Gasteiger partial charge in [0.2, 0.25) is 0 Å². The number of amides is 1. The van der Waals surface area contributed by atoms with Gasteiger partial charge in [0.25, 0.3) is 5.91 Å². The number of aromatic nitrogens is 1. The molecule has 1 saturated carbocycles. The van der Waals surface area contributed by atoms with Crippen molar-refractivity contribution in [3.05, 3.63) is 94.4 Å². The number of ether oxygens (including phenoxy) is 3. The van der Waals surface area contributed by atoms with Gasteiger partial charge in [-0.3, -0.25) is 9.78 Å². The second-order valence-corrected chi connectivity index (χ2v) is 10.0. The molecule has 1 aromatic heterocycles. The van der Waals surface area contributed by atoms with E-state index in [-0.39, 0.29) is 18.3 Å². The van der Waals surface area contributed by atoms with Crippen molar-refractivity contribution in [2.75, 3.05) is 20.8 Å². The van der Waals surface area contributed by atoms with Gasteiger partial charge in [0.1, 0.15) is 29.4 Å². The lowest BCUT2D eigenvalue weighted by Gasteiger charge is -2.17. The Morgan fingerprint density at radius 1 is 0.947 bits per heavy atom. The Morgan fingerprint density at radius 3 is 2.37 bits per heavy atom. The molecule has 0 bridgehead atoms. The highest BCUT2D eigenvalue weighted by Crippen LogP contribution is 2.46. The van der Waals surface area contributed by atoms with E-state index in [1.54, 1.807) is 32.5 Å². The monoisotopic (exact) mass is 512 g/mol. The first kappa shape index (κ1) is 24.2. The molecule has 1 amide bonds. The normalized spacial score (nSPS) is 14.6. The molecule has 38 heavy (non-hydrogen) atoms. The fourth-order valence-corrected chi connectivity index (χ4v) is 5.14. The zero-order valence-corrected chi connectivity index (χ0v) is 21.5. The van der Waals surface area contributed by atoms with Crippen molar-refractivity contribution in [2.45, 2.75) is 32.4 Å². The molecule has 0 spiro atoms. The third kappa shape index (κ3) is 4.64. The molecule has 2 heterocycles. The number of halogens is 1. The molecule has 6 rings (SSSR count). The molecule has 7 heteroatoms. The summed E-state index contributed by atoms with van der Waals surface area (Å²) >= 11 is 0. The molecule has 194 valence electrons. The fraction of sp³-hybridized carbons (Fsp3) is 0.290. The summed E-state index contributed by atoms with van der Waals surface area (Å²) in [5.74, 6) is 2.19. The first-order valence-corrected chi connectivity index (χ1v) is 12.8. The second kappa shape index (κ2) is 9.97. The number of methoxy groups -OCH3 is 2. The summed E-state index contributed by atoms with van der Waals surface area (Å²) in [7, 11) is 3.26. The van der Waals surface area contributed by atoms with E-state index in [2.05, 4.69) is 0 Å². The Morgan fingerprint density at radius 2 is 1.68 bits per heavy atom. The number of hydrogen-bond donors (Lipinski definition) is 0. The van der Waals surface area contributed by atoms with Crippen LogP contribution in [0.3, 0.4) is 0 Å². The van der Waals surface area contributed by atoms with Crippen molar-refractivity contribution in [1.82, 2.24) is 9.88 Å². The minimum atomic E-state index is -0.262. The van der Waals surface area contributed by atoms with Crippen LogP contribution in [0.1, 0.15) is 45.5 Å². The van der Waals surface area contributed by atoms with Crippen LogP contribution in [0.15, 0.2) is 60.8 Å². The third-order valence-electron chi connectivity index (χ3n) is 7.30. The first-order chi connectivity index (χ1) is 18.5. The van der Waals surface area contributed by atoms with Crippen LogP contribution in [0.4, 0.5) is 4.39 Å². The molecule has 0 N–H and O–H groups in total. The van der Waals surface area contributed by atoms with Crippen LogP contribution < -0.4 is 14.2 Å². The Balaban J connectivity index is 1.42. The lowest BCUT2D eigenvalue weighted by molar-refractivity contribution is 0.0767. The van der Waals surface area contributed by atoms with Gasteiger partial charge in [0.05, 0.1) is 26.3 Å². The van der Waals surface area contributed by atoms with Gasteiger partial charge in [-0.2, -0.15) is 0 Å². The zero-order valence-electron chi connectivity index (χ0n) is 21.5. The summed E-state index contributed by atoms with van der Waals surface area (Å²) in [6.07, 6.45) is 4.71. The molecule has 1 fully saturated rings. The van der Waals surface area contributed by atoms with E-state index in [0.29, 0.717) is 41.5 Å². The van der Waals surface area contributed by atoms with Crippen molar-refractivity contribution in [3.63, 3.8) is 0 Å². The molecular formula is C31H29FN2O4. The number of carbonyl (C=O) groups is 1. The van der Waals surface area contributed by atoms with Gasteiger partial charge >= 0.3 is 0 Å². The molecule has 0 saturated heterocycles. The number of benzene rings is 3. The highest BCUT2D eigenvalue weighted by atomic mass is 19.1. The van der Waals surface area contributed by atoms with E-state index in [4.69, 9.17) is 19.2 Å². The SMILES string of the molecule is COc1ccc(COc2c3c(c(OC)c4cc(Cc5ccc(F)cc5)cnc24)CN(CC2CC2)C3=O)cc1. The third-order valence-corrected chi connectivity index (χ3v) is 7.30. The summed E-state index contributed by atoms with van der Waals surface area (Å²) in [6, 6.07) is 16.2. The van der Waals surface area contributed by atoms with Crippen molar-refractivity contribution < 1.29 is 23.4 Å². The average Bonchev–Trinajstić information content (AvgIpc) is 3.70. The molecule has 3 aromatic carbocycles. The summed E-state index contributed by atoms with van der Waals surface area (Å²) in [4.78, 5) is 20.3. The van der Waals surface area contributed by atoms with Crippen molar-refractivity contribution in [2.24, 2.45) is 5.92 Å². The number of carbonyl (C=O) groups excluding carboxylic acids is 1. The number of rotatable bonds is 9. The smallest absolute Gasteiger partial charge is 0.258 e. The second-order valence-electron chi connectivity index (χ2n) is 10.0. The number of fused-ring (bicyclic) bond motifs is 2. The first-order valence-electron chi connectivity index (χ1n) is 12.8. The van der Waals surface area contributed by atoms with Gasteiger partial charge in [0.15, 0.2) is 5.75 Å². The average molecular weight is 513 g/mol. The van der Waals surface area contributed by atoms with E-state index in [9.17, 15) is 9.18 Å². The van der Waals surface area contributed by atoms with E-state index in [0.717, 1.165) is 52.8 Å². The highest BCUT2D eigenvalue weighted by Gasteiger charge is 2.38. The quantitative estimate of drug-likeness (QED) is 0.278. The molecule has 2 aliphatic rings. The van der Waals surface area contributed by atoms with Crippen molar-refractivity contribution in [1.29, 1.82) is 0 Å². The van der Waals surface area contributed by atoms with Crippen LogP contribution in [0.25, 0.3) is 10.9 Å². The molecule has 1 aliphatic carbocycles. The minimum Gasteiger partial charge on any atom is -0.497 e. The van der Waals surface area contributed by atoms with E-state index in [1.807, 2.05) is 35.2 Å². The van der Waals surface area contributed by atoms with E-state index in [1.165, 1.54) is 12.1 Å². The Kier molecular flexibility index (Phi) is 6.35. The lowest BCUT2D eigenvalue weighted by atomic mass is 9.99. The van der Waals surface area contributed by atoms with Gasteiger partial charge in [-0.05, 0) is 72.2 Å². The zero-order chi connectivity index (χ0) is 26.2. The van der Waals surface area contributed by atoms with Crippen LogP contribution in [0, 0.1) is 11.7 Å². The van der Waals surface area contributed by atoms with Gasteiger partial charge in [-0.1, -0.05) is 24.3 Å². The molecule has 6 nitrogen and oxygen atoms in total. The molecule has 0 atom stereocenters. The summed E-state index contributed by atoms with van der Waals surface area (Å²) in [5.41, 5.74) is 4.88. The maximum Gasteiger partial charge on any atom is 0.258 e. The molecule has 0 unspecified atom stereocenters. The number of nitrogens with zero attached hydrogens (tertiary/aromatic N) is 2. The van der Waals surface area contributed by atoms with Gasteiger partial charge in [-0.15, -0.1) is 0 Å². The number of pyridine rings is 1. The predicted octanol–water partition coefficient (Wildman–Crippen LogP) is 5.93. The standard InChI is InChI=1S/C31H29FN2O4/c1-36-24-11-7-21(8-12-24)18-38-30-27-26(17-34(31(27)35)16-20-3-4-20)29(37-2)25-14-22(15-33-28(25)30)13-19-5-9-23(32)10-6-19/h5-12,14-15,20H,3-4,13,16-18H2,1-2H3. The Hall–Kier alpha value is -4.13. The lowest BCUT2D eigenvalue weighted by Crippen LogP contribution is -2.26. The number of hydrogen-bond acceptors (Lipinski definition) is 5. The van der Waals surface area contributed by atoms with Crippen LogP contribution >= 0.6 is 0 Å². The maximum atomic E-state index is 13.6. The maximum absolute atomic E-state index is 13.6. The van der Waals surface area contributed by atoms with Crippen LogP contribution in [0.2, 0.25) is 0 Å². The van der Waals surface area contributed by atoms with Crippen molar-refractivity contribution >= 4 is 16.8 Å². The van der Waals surface area contributed by atoms with E-state index < -0.39 is 0 Å². The van der Waals surface area contributed by atoms with Crippen LogP contribution in [0.5, 0.6) is 17.2 Å². The Labute approximate surface area is 221 Å². The molecule has 0 radical (unpaired) electrons. The Bertz CT molecular complexity index is 1500.